The molecule has 3 rings (SSSR count). The van der Waals surface area contributed by atoms with E-state index in [2.05, 4.69) is 10.3 Å². The van der Waals surface area contributed by atoms with Crippen LogP contribution < -0.4 is 10.9 Å². The highest BCUT2D eigenvalue weighted by molar-refractivity contribution is 8.01. The number of thioether (sulfide) groups is 1. The number of carbonyl (C=O) groups is 2. The number of carbonyl (C=O) groups excluding carboxylic acids is 2. The molecule has 0 aliphatic carbocycles. The Morgan fingerprint density at radius 2 is 2.22 bits per heavy atom. The highest BCUT2D eigenvalue weighted by atomic mass is 32.2. The van der Waals surface area contributed by atoms with E-state index in [9.17, 15) is 14.4 Å². The second-order valence-electron chi connectivity index (χ2n) is 6.43. The third-order valence-corrected chi connectivity index (χ3v) is 6.19. The molecule has 0 saturated carbocycles. The molecule has 1 aromatic rings. The van der Waals surface area contributed by atoms with Crippen LogP contribution in [0.1, 0.15) is 36.6 Å². The maximum atomic E-state index is 12.5. The number of rotatable bonds is 3. The third-order valence-electron chi connectivity index (χ3n) is 4.68. The van der Waals surface area contributed by atoms with Gasteiger partial charge in [-0.05, 0) is 38.8 Å². The third kappa shape index (κ3) is 2.78. The molecule has 2 amide bonds. The zero-order valence-corrected chi connectivity index (χ0v) is 14.4. The van der Waals surface area contributed by atoms with Gasteiger partial charge in [0.05, 0.1) is 4.87 Å². The quantitative estimate of drug-likeness (QED) is 0.865. The molecule has 0 unspecified atom stereocenters. The molecular weight excluding hydrogens is 314 g/mol. The Hall–Kier alpha value is -1.76. The number of aromatic nitrogens is 1. The maximum absolute atomic E-state index is 12.5. The van der Waals surface area contributed by atoms with E-state index in [0.29, 0.717) is 17.7 Å². The predicted molar refractivity (Wildman–Crippen MR) is 89.1 cm³/mol. The molecule has 124 valence electrons. The minimum atomic E-state index is -0.440. The van der Waals surface area contributed by atoms with Crippen molar-refractivity contribution >= 4 is 23.6 Å². The van der Waals surface area contributed by atoms with Gasteiger partial charge in [-0.25, -0.2) is 0 Å². The number of nitrogens with zero attached hydrogens (tertiary/aromatic N) is 1. The summed E-state index contributed by atoms with van der Waals surface area (Å²) in [6.45, 7) is 5.88. The largest absolute Gasteiger partial charge is 0.350 e. The summed E-state index contributed by atoms with van der Waals surface area (Å²) < 4.78 is 0. The first kappa shape index (κ1) is 16.1. The number of nitrogens with one attached hydrogen (secondary N) is 2. The van der Waals surface area contributed by atoms with Gasteiger partial charge in [0.25, 0.3) is 5.56 Å². The maximum Gasteiger partial charge on any atom is 0.253 e. The number of H-pyrrole nitrogens is 1. The van der Waals surface area contributed by atoms with Gasteiger partial charge in [-0.2, -0.15) is 0 Å². The molecule has 2 aliphatic heterocycles. The lowest BCUT2D eigenvalue weighted by molar-refractivity contribution is -0.138. The molecule has 23 heavy (non-hydrogen) atoms. The predicted octanol–water partition coefficient (Wildman–Crippen LogP) is 1.06. The van der Waals surface area contributed by atoms with Gasteiger partial charge < -0.3 is 15.2 Å². The SMILES string of the molecule is Cc1cc(C)c(CNC(=O)[C@H]2CS[C@]3(C)CCC(=O)N23)c(=O)[nH]1. The normalized spacial score (nSPS) is 26.5. The second-order valence-corrected chi connectivity index (χ2v) is 7.93. The number of hydrogen-bond donors (Lipinski definition) is 2. The van der Waals surface area contributed by atoms with E-state index in [-0.39, 0.29) is 28.8 Å². The van der Waals surface area contributed by atoms with Gasteiger partial charge >= 0.3 is 0 Å². The summed E-state index contributed by atoms with van der Waals surface area (Å²) in [5, 5.41) is 2.83. The van der Waals surface area contributed by atoms with Gasteiger partial charge in [-0.1, -0.05) is 0 Å². The first-order valence-corrected chi connectivity index (χ1v) is 8.73. The molecule has 2 fully saturated rings. The minimum absolute atomic E-state index is 0.0435. The summed E-state index contributed by atoms with van der Waals surface area (Å²) in [6.07, 6.45) is 1.29. The Balaban J connectivity index is 1.71. The molecule has 0 bridgehead atoms. The molecule has 2 saturated heterocycles. The zero-order chi connectivity index (χ0) is 16.8. The fraction of sp³-hybridized carbons (Fsp3) is 0.562. The van der Waals surface area contributed by atoms with Crippen LogP contribution in [0.5, 0.6) is 0 Å². The fourth-order valence-electron chi connectivity index (χ4n) is 3.41. The van der Waals surface area contributed by atoms with E-state index in [4.69, 9.17) is 0 Å². The fourth-order valence-corrected chi connectivity index (χ4v) is 4.84. The van der Waals surface area contributed by atoms with Crippen LogP contribution in [-0.2, 0) is 16.1 Å². The average molecular weight is 335 g/mol. The molecule has 0 aromatic carbocycles. The first-order chi connectivity index (χ1) is 10.8. The number of amides is 2. The molecule has 6 nitrogen and oxygen atoms in total. The van der Waals surface area contributed by atoms with E-state index in [0.717, 1.165) is 17.7 Å². The van der Waals surface area contributed by atoms with E-state index < -0.39 is 6.04 Å². The summed E-state index contributed by atoms with van der Waals surface area (Å²) in [4.78, 5) is 40.8. The van der Waals surface area contributed by atoms with Gasteiger partial charge in [0, 0.05) is 30.0 Å². The number of pyridine rings is 1. The summed E-state index contributed by atoms with van der Waals surface area (Å²) >= 11 is 1.66. The summed E-state index contributed by atoms with van der Waals surface area (Å²) in [6, 6.07) is 1.44. The van der Waals surface area contributed by atoms with Gasteiger partial charge in [0.15, 0.2) is 0 Å². The lowest BCUT2D eigenvalue weighted by Gasteiger charge is -2.29. The number of fused-ring (bicyclic) bond motifs is 1. The van der Waals surface area contributed by atoms with E-state index in [1.165, 1.54) is 0 Å². The molecule has 0 radical (unpaired) electrons. The van der Waals surface area contributed by atoms with Crippen LogP contribution in [-0.4, -0.2) is 38.4 Å². The summed E-state index contributed by atoms with van der Waals surface area (Å²) in [5.41, 5.74) is 2.04. The monoisotopic (exact) mass is 335 g/mol. The molecule has 2 aliphatic rings. The van der Waals surface area contributed by atoms with Crippen LogP contribution in [0.15, 0.2) is 10.9 Å². The minimum Gasteiger partial charge on any atom is -0.350 e. The van der Waals surface area contributed by atoms with Gasteiger partial charge in [0.2, 0.25) is 11.8 Å². The summed E-state index contributed by atoms with van der Waals surface area (Å²) in [5.74, 6) is 0.468. The Kier molecular flexibility index (Phi) is 4.00. The Morgan fingerprint density at radius 3 is 2.91 bits per heavy atom. The Bertz CT molecular complexity index is 730. The van der Waals surface area contributed by atoms with Crippen molar-refractivity contribution in [3.05, 3.63) is 33.2 Å². The van der Waals surface area contributed by atoms with E-state index in [1.807, 2.05) is 26.8 Å². The first-order valence-electron chi connectivity index (χ1n) is 7.75. The molecule has 2 atom stereocenters. The van der Waals surface area contributed by atoms with E-state index in [1.54, 1.807) is 16.7 Å². The van der Waals surface area contributed by atoms with Crippen molar-refractivity contribution in [2.75, 3.05) is 5.75 Å². The van der Waals surface area contributed by atoms with Crippen molar-refractivity contribution in [1.29, 1.82) is 0 Å². The molecule has 7 heteroatoms. The van der Waals surface area contributed by atoms with Crippen LogP contribution in [0, 0.1) is 13.8 Å². The second kappa shape index (κ2) is 5.70. The van der Waals surface area contributed by atoms with Crippen molar-refractivity contribution in [2.24, 2.45) is 0 Å². The number of hydrogen-bond acceptors (Lipinski definition) is 4. The average Bonchev–Trinajstić information content (AvgIpc) is 2.95. The van der Waals surface area contributed by atoms with Crippen LogP contribution in [0.2, 0.25) is 0 Å². The van der Waals surface area contributed by atoms with Crippen LogP contribution in [0.3, 0.4) is 0 Å². The Labute approximate surface area is 139 Å². The number of aryl methyl sites for hydroxylation is 2. The van der Waals surface area contributed by atoms with Crippen molar-refractivity contribution in [3.8, 4) is 0 Å². The van der Waals surface area contributed by atoms with Crippen molar-refractivity contribution in [3.63, 3.8) is 0 Å². The highest BCUT2D eigenvalue weighted by Crippen LogP contribution is 2.47. The molecule has 3 heterocycles. The highest BCUT2D eigenvalue weighted by Gasteiger charge is 2.52. The lowest BCUT2D eigenvalue weighted by atomic mass is 10.1. The molecular formula is C16H21N3O3S. The van der Waals surface area contributed by atoms with Crippen molar-refractivity contribution in [1.82, 2.24) is 15.2 Å². The summed E-state index contributed by atoms with van der Waals surface area (Å²) in [7, 11) is 0. The van der Waals surface area contributed by atoms with Crippen molar-refractivity contribution < 1.29 is 9.59 Å². The van der Waals surface area contributed by atoms with Gasteiger partial charge in [-0.15, -0.1) is 11.8 Å². The van der Waals surface area contributed by atoms with Crippen LogP contribution in [0.4, 0.5) is 0 Å². The van der Waals surface area contributed by atoms with Gasteiger partial charge in [0.1, 0.15) is 6.04 Å². The molecule has 1 aromatic heterocycles. The Morgan fingerprint density at radius 1 is 1.48 bits per heavy atom. The van der Waals surface area contributed by atoms with Gasteiger partial charge in [-0.3, -0.25) is 14.4 Å². The zero-order valence-electron chi connectivity index (χ0n) is 13.6. The smallest absolute Gasteiger partial charge is 0.253 e. The van der Waals surface area contributed by atoms with Crippen LogP contribution >= 0.6 is 11.8 Å². The van der Waals surface area contributed by atoms with Crippen LogP contribution in [0.25, 0.3) is 0 Å². The van der Waals surface area contributed by atoms with E-state index >= 15 is 0 Å². The molecule has 2 N–H and O–H groups in total. The standard InChI is InChI=1S/C16H21N3O3S/c1-9-6-10(2)18-14(21)11(9)7-17-15(22)12-8-23-16(3)5-4-13(20)19(12)16/h6,12H,4-5,7-8H2,1-3H3,(H,17,22)(H,18,21)/t12-,16-/m1/s1. The topological polar surface area (TPSA) is 82.3 Å². The van der Waals surface area contributed by atoms with Crippen molar-refractivity contribution in [2.45, 2.75) is 51.1 Å². The lowest BCUT2D eigenvalue weighted by Crippen LogP contribution is -2.50. The number of aromatic amines is 1. The molecule has 0 spiro atoms.